The van der Waals surface area contributed by atoms with Gasteiger partial charge in [0.1, 0.15) is 0 Å². The number of hydrogen-bond donors (Lipinski definition) is 2. The molecule has 10 heavy (non-hydrogen) atoms. The van der Waals surface area contributed by atoms with Crippen LogP contribution in [0.15, 0.2) is 0 Å². The summed E-state index contributed by atoms with van der Waals surface area (Å²) >= 11 is 0. The lowest BCUT2D eigenvalue weighted by Crippen LogP contribution is -2.23. The Kier molecular flexibility index (Phi) is 1.89. The molecular weight excluding hydrogens is 132 g/mol. The number of carbonyl (C=O) groups excluding carboxylic acids is 2. The fraction of sp³-hybridized carbons (Fsp3) is 0.667. The summed E-state index contributed by atoms with van der Waals surface area (Å²) in [5.41, 5.74) is 4.92. The van der Waals surface area contributed by atoms with Crippen molar-refractivity contribution in [2.24, 2.45) is 11.7 Å². The first kappa shape index (κ1) is 7.05. The van der Waals surface area contributed by atoms with Gasteiger partial charge in [0.15, 0.2) is 0 Å². The van der Waals surface area contributed by atoms with Gasteiger partial charge in [-0.1, -0.05) is 0 Å². The van der Waals surface area contributed by atoms with Crippen molar-refractivity contribution < 1.29 is 9.59 Å². The van der Waals surface area contributed by atoms with Gasteiger partial charge < -0.3 is 11.1 Å². The molecule has 1 rings (SSSR count). The SMILES string of the molecule is NC(=O)CC1CCNC1=O. The zero-order valence-corrected chi connectivity index (χ0v) is 5.59. The predicted molar refractivity (Wildman–Crippen MR) is 34.9 cm³/mol. The summed E-state index contributed by atoms with van der Waals surface area (Å²) in [5, 5.41) is 2.63. The van der Waals surface area contributed by atoms with Gasteiger partial charge >= 0.3 is 0 Å². The molecule has 1 fully saturated rings. The van der Waals surface area contributed by atoms with Crippen LogP contribution in [-0.2, 0) is 9.59 Å². The highest BCUT2D eigenvalue weighted by Gasteiger charge is 2.25. The van der Waals surface area contributed by atoms with Crippen LogP contribution in [0.2, 0.25) is 0 Å². The van der Waals surface area contributed by atoms with Gasteiger partial charge in [0.25, 0.3) is 0 Å². The van der Waals surface area contributed by atoms with Crippen molar-refractivity contribution in [3.8, 4) is 0 Å². The third kappa shape index (κ3) is 1.46. The van der Waals surface area contributed by atoms with Crippen molar-refractivity contribution in [2.45, 2.75) is 12.8 Å². The number of hydrogen-bond acceptors (Lipinski definition) is 2. The minimum atomic E-state index is -0.401. The second-order valence-electron chi connectivity index (χ2n) is 2.45. The molecule has 0 radical (unpaired) electrons. The van der Waals surface area contributed by atoms with E-state index in [2.05, 4.69) is 5.32 Å². The number of rotatable bonds is 2. The van der Waals surface area contributed by atoms with Gasteiger partial charge in [0.2, 0.25) is 11.8 Å². The second-order valence-corrected chi connectivity index (χ2v) is 2.45. The zero-order chi connectivity index (χ0) is 7.56. The van der Waals surface area contributed by atoms with Gasteiger partial charge in [-0.05, 0) is 6.42 Å². The predicted octanol–water partition coefficient (Wildman–Crippen LogP) is -1.00. The van der Waals surface area contributed by atoms with E-state index in [4.69, 9.17) is 5.73 Å². The van der Waals surface area contributed by atoms with Crippen LogP contribution in [0.5, 0.6) is 0 Å². The lowest BCUT2D eigenvalue weighted by molar-refractivity contribution is -0.126. The number of nitrogens with one attached hydrogen (secondary N) is 1. The van der Waals surface area contributed by atoms with E-state index in [0.717, 1.165) is 6.42 Å². The molecule has 1 unspecified atom stereocenters. The Morgan fingerprint density at radius 3 is 2.90 bits per heavy atom. The standard InChI is InChI=1S/C6H10N2O2/c7-5(9)3-4-1-2-8-6(4)10/h4H,1-3H2,(H2,7,9)(H,8,10). The van der Waals surface area contributed by atoms with Gasteiger partial charge in [-0.2, -0.15) is 0 Å². The first-order chi connectivity index (χ1) is 4.70. The maximum atomic E-state index is 10.8. The molecule has 1 aliphatic heterocycles. The lowest BCUT2D eigenvalue weighted by Gasteiger charge is -2.00. The Hall–Kier alpha value is -1.06. The first-order valence-corrected chi connectivity index (χ1v) is 3.26. The van der Waals surface area contributed by atoms with Crippen LogP contribution in [-0.4, -0.2) is 18.4 Å². The number of carbonyl (C=O) groups is 2. The summed E-state index contributed by atoms with van der Waals surface area (Å²) < 4.78 is 0. The number of amides is 2. The quantitative estimate of drug-likeness (QED) is 0.519. The largest absolute Gasteiger partial charge is 0.370 e. The highest BCUT2D eigenvalue weighted by Crippen LogP contribution is 2.12. The van der Waals surface area contributed by atoms with E-state index in [1.807, 2.05) is 0 Å². The minimum Gasteiger partial charge on any atom is -0.370 e. The van der Waals surface area contributed by atoms with Crippen molar-refractivity contribution in [3.63, 3.8) is 0 Å². The molecule has 3 N–H and O–H groups in total. The first-order valence-electron chi connectivity index (χ1n) is 3.26. The number of primary amides is 1. The van der Waals surface area contributed by atoms with Crippen LogP contribution < -0.4 is 11.1 Å². The van der Waals surface area contributed by atoms with E-state index < -0.39 is 5.91 Å². The van der Waals surface area contributed by atoms with Crippen LogP contribution in [0, 0.1) is 5.92 Å². The smallest absolute Gasteiger partial charge is 0.223 e. The van der Waals surface area contributed by atoms with Crippen LogP contribution in [0.4, 0.5) is 0 Å². The summed E-state index contributed by atoms with van der Waals surface area (Å²) in [6, 6.07) is 0. The highest BCUT2D eigenvalue weighted by molar-refractivity contribution is 5.86. The molecule has 1 aliphatic rings. The molecular formula is C6H10N2O2. The fourth-order valence-electron chi connectivity index (χ4n) is 1.08. The monoisotopic (exact) mass is 142 g/mol. The molecule has 0 aliphatic carbocycles. The van der Waals surface area contributed by atoms with Gasteiger partial charge in [-0.3, -0.25) is 9.59 Å². The van der Waals surface area contributed by atoms with E-state index in [1.54, 1.807) is 0 Å². The maximum absolute atomic E-state index is 10.8. The molecule has 1 saturated heterocycles. The van der Waals surface area contributed by atoms with E-state index in [9.17, 15) is 9.59 Å². The fourth-order valence-corrected chi connectivity index (χ4v) is 1.08. The third-order valence-electron chi connectivity index (χ3n) is 1.61. The van der Waals surface area contributed by atoms with Crippen molar-refractivity contribution in [3.05, 3.63) is 0 Å². The summed E-state index contributed by atoms with van der Waals surface area (Å²) in [5.74, 6) is -0.613. The van der Waals surface area contributed by atoms with Crippen molar-refractivity contribution in [1.29, 1.82) is 0 Å². The van der Waals surface area contributed by atoms with Crippen LogP contribution in [0.25, 0.3) is 0 Å². The molecule has 1 atom stereocenters. The topological polar surface area (TPSA) is 72.2 Å². The van der Waals surface area contributed by atoms with E-state index >= 15 is 0 Å². The molecule has 0 spiro atoms. The Labute approximate surface area is 58.8 Å². The molecule has 0 bridgehead atoms. The average molecular weight is 142 g/mol. The number of nitrogens with two attached hydrogens (primary N) is 1. The maximum Gasteiger partial charge on any atom is 0.223 e. The van der Waals surface area contributed by atoms with Gasteiger partial charge in [-0.25, -0.2) is 0 Å². The molecule has 1 heterocycles. The summed E-state index contributed by atoms with van der Waals surface area (Å²) in [7, 11) is 0. The van der Waals surface area contributed by atoms with Gasteiger partial charge in [0, 0.05) is 18.9 Å². The molecule has 0 aromatic rings. The Morgan fingerprint density at radius 1 is 1.80 bits per heavy atom. The molecule has 4 heteroatoms. The summed E-state index contributed by atoms with van der Waals surface area (Å²) in [6.45, 7) is 0.677. The van der Waals surface area contributed by atoms with Crippen LogP contribution >= 0.6 is 0 Å². The zero-order valence-electron chi connectivity index (χ0n) is 5.59. The minimum absolute atomic E-state index is 0.0428. The van der Waals surface area contributed by atoms with Crippen molar-refractivity contribution in [1.82, 2.24) is 5.32 Å². The second kappa shape index (κ2) is 2.68. The normalized spacial score (nSPS) is 24.4. The Bertz CT molecular complexity index is 167. The van der Waals surface area contributed by atoms with E-state index in [-0.39, 0.29) is 18.2 Å². The van der Waals surface area contributed by atoms with Crippen LogP contribution in [0.1, 0.15) is 12.8 Å². The molecule has 0 saturated carbocycles. The third-order valence-corrected chi connectivity index (χ3v) is 1.61. The molecule has 2 amide bonds. The van der Waals surface area contributed by atoms with E-state index in [1.165, 1.54) is 0 Å². The average Bonchev–Trinajstić information content (AvgIpc) is 2.15. The Morgan fingerprint density at radius 2 is 2.50 bits per heavy atom. The molecule has 0 aromatic heterocycles. The molecule has 56 valence electrons. The van der Waals surface area contributed by atoms with Crippen LogP contribution in [0.3, 0.4) is 0 Å². The van der Waals surface area contributed by atoms with E-state index in [0.29, 0.717) is 6.54 Å². The molecule has 4 nitrogen and oxygen atoms in total. The van der Waals surface area contributed by atoms with Gasteiger partial charge in [0.05, 0.1) is 0 Å². The van der Waals surface area contributed by atoms with Crippen molar-refractivity contribution >= 4 is 11.8 Å². The van der Waals surface area contributed by atoms with Crippen molar-refractivity contribution in [2.75, 3.05) is 6.54 Å². The highest BCUT2D eigenvalue weighted by atomic mass is 16.2. The molecule has 0 aromatic carbocycles. The Balaban J connectivity index is 2.40. The van der Waals surface area contributed by atoms with Gasteiger partial charge in [-0.15, -0.1) is 0 Å². The lowest BCUT2D eigenvalue weighted by atomic mass is 10.0. The summed E-state index contributed by atoms with van der Waals surface area (Å²) in [4.78, 5) is 21.1. The summed E-state index contributed by atoms with van der Waals surface area (Å²) in [6.07, 6.45) is 0.924.